The van der Waals surface area contributed by atoms with Crippen LogP contribution in [-0.4, -0.2) is 51.9 Å². The van der Waals surface area contributed by atoms with Crippen molar-refractivity contribution in [3.05, 3.63) is 60.0 Å². The number of carbonyl (C=O) groups excluding carboxylic acids is 1. The lowest BCUT2D eigenvalue weighted by atomic mass is 10.2. The van der Waals surface area contributed by atoms with E-state index >= 15 is 0 Å². The van der Waals surface area contributed by atoms with Crippen LogP contribution in [0.25, 0.3) is 10.6 Å². The molecular weight excluding hydrogens is 346 g/mol. The molecule has 0 spiro atoms. The number of nitrogens with zero attached hydrogens (tertiary/aromatic N) is 5. The number of carbonyl (C=O) groups is 1. The number of aromatic nitrogens is 3. The van der Waals surface area contributed by atoms with Crippen LogP contribution in [0.4, 0.5) is 5.82 Å². The molecule has 1 aliphatic heterocycles. The number of thiazole rings is 1. The average Bonchev–Trinajstić information content (AvgIpc) is 3.18. The van der Waals surface area contributed by atoms with E-state index in [1.54, 1.807) is 29.9 Å². The summed E-state index contributed by atoms with van der Waals surface area (Å²) in [6.45, 7) is 3.05. The number of hydrogen-bond acceptors (Lipinski definition) is 6. The highest BCUT2D eigenvalue weighted by Gasteiger charge is 2.22. The summed E-state index contributed by atoms with van der Waals surface area (Å²) < 4.78 is 0. The molecule has 1 amide bonds. The first-order valence-electron chi connectivity index (χ1n) is 8.58. The molecule has 132 valence electrons. The zero-order valence-electron chi connectivity index (χ0n) is 14.3. The fourth-order valence-corrected chi connectivity index (χ4v) is 3.83. The topological polar surface area (TPSA) is 62.2 Å². The van der Waals surface area contributed by atoms with E-state index in [9.17, 15) is 4.79 Å². The van der Waals surface area contributed by atoms with Gasteiger partial charge in [0.05, 0.1) is 12.1 Å². The predicted octanol–water partition coefficient (Wildman–Crippen LogP) is 2.49. The van der Waals surface area contributed by atoms with Gasteiger partial charge in [-0.05, 0) is 24.3 Å². The van der Waals surface area contributed by atoms with Crippen LogP contribution in [0.5, 0.6) is 0 Å². The summed E-state index contributed by atoms with van der Waals surface area (Å²) in [6.07, 6.45) is 5.66. The molecule has 0 atom stereocenters. The SMILES string of the molecule is O=C(Cc1csc(-c2ccncc2)n1)N1CCN(c2ccccn2)CC1. The molecule has 0 unspecified atom stereocenters. The number of amides is 1. The Labute approximate surface area is 156 Å². The Hall–Kier alpha value is -2.80. The van der Waals surface area contributed by atoms with Crippen LogP contribution >= 0.6 is 11.3 Å². The Bertz CT molecular complexity index is 860. The van der Waals surface area contributed by atoms with Crippen molar-refractivity contribution in [2.75, 3.05) is 31.1 Å². The number of piperazine rings is 1. The van der Waals surface area contributed by atoms with Gasteiger partial charge in [0.1, 0.15) is 10.8 Å². The first-order valence-corrected chi connectivity index (χ1v) is 9.46. The van der Waals surface area contributed by atoms with Crippen molar-refractivity contribution in [1.82, 2.24) is 19.9 Å². The molecule has 1 fully saturated rings. The van der Waals surface area contributed by atoms with Gasteiger partial charge in [-0.15, -0.1) is 11.3 Å². The largest absolute Gasteiger partial charge is 0.353 e. The minimum absolute atomic E-state index is 0.136. The lowest BCUT2D eigenvalue weighted by Crippen LogP contribution is -2.49. The van der Waals surface area contributed by atoms with Crippen molar-refractivity contribution in [3.63, 3.8) is 0 Å². The molecule has 4 rings (SSSR count). The highest BCUT2D eigenvalue weighted by Crippen LogP contribution is 2.23. The van der Waals surface area contributed by atoms with Gasteiger partial charge in [0, 0.05) is 55.7 Å². The zero-order chi connectivity index (χ0) is 17.8. The van der Waals surface area contributed by atoms with Crippen molar-refractivity contribution in [3.8, 4) is 10.6 Å². The van der Waals surface area contributed by atoms with Gasteiger partial charge in [-0.3, -0.25) is 9.78 Å². The van der Waals surface area contributed by atoms with E-state index in [1.807, 2.05) is 40.6 Å². The summed E-state index contributed by atoms with van der Waals surface area (Å²) in [5.41, 5.74) is 1.87. The first-order chi connectivity index (χ1) is 12.8. The van der Waals surface area contributed by atoms with E-state index in [0.717, 1.165) is 48.3 Å². The number of pyridine rings is 2. The van der Waals surface area contributed by atoms with Crippen LogP contribution in [0.3, 0.4) is 0 Å². The normalized spacial score (nSPS) is 14.5. The molecule has 3 aromatic heterocycles. The summed E-state index contributed by atoms with van der Waals surface area (Å²) >= 11 is 1.56. The van der Waals surface area contributed by atoms with E-state index in [2.05, 4.69) is 19.9 Å². The van der Waals surface area contributed by atoms with E-state index in [1.165, 1.54) is 0 Å². The molecule has 7 heteroatoms. The van der Waals surface area contributed by atoms with E-state index in [4.69, 9.17) is 0 Å². The smallest absolute Gasteiger partial charge is 0.228 e. The second-order valence-corrected chi connectivity index (χ2v) is 6.97. The number of hydrogen-bond donors (Lipinski definition) is 0. The quantitative estimate of drug-likeness (QED) is 0.711. The summed E-state index contributed by atoms with van der Waals surface area (Å²) in [4.78, 5) is 29.7. The number of rotatable bonds is 4. The molecule has 26 heavy (non-hydrogen) atoms. The van der Waals surface area contributed by atoms with Gasteiger partial charge in [0.15, 0.2) is 0 Å². The van der Waals surface area contributed by atoms with Gasteiger partial charge in [-0.2, -0.15) is 0 Å². The van der Waals surface area contributed by atoms with Gasteiger partial charge >= 0.3 is 0 Å². The molecule has 0 aliphatic carbocycles. The van der Waals surface area contributed by atoms with Crippen LogP contribution in [0.15, 0.2) is 54.3 Å². The van der Waals surface area contributed by atoms with Crippen molar-refractivity contribution in [2.24, 2.45) is 0 Å². The fraction of sp³-hybridized carbons (Fsp3) is 0.263. The van der Waals surface area contributed by atoms with E-state index < -0.39 is 0 Å². The first kappa shape index (κ1) is 16.7. The van der Waals surface area contributed by atoms with Crippen molar-refractivity contribution in [1.29, 1.82) is 0 Å². The van der Waals surface area contributed by atoms with E-state index in [-0.39, 0.29) is 5.91 Å². The molecule has 0 radical (unpaired) electrons. The lowest BCUT2D eigenvalue weighted by molar-refractivity contribution is -0.130. The Morgan fingerprint density at radius 2 is 1.85 bits per heavy atom. The Morgan fingerprint density at radius 1 is 1.04 bits per heavy atom. The van der Waals surface area contributed by atoms with Crippen LogP contribution in [-0.2, 0) is 11.2 Å². The third-order valence-corrected chi connectivity index (χ3v) is 5.36. The third-order valence-electron chi connectivity index (χ3n) is 4.42. The van der Waals surface area contributed by atoms with E-state index in [0.29, 0.717) is 6.42 Å². The maximum Gasteiger partial charge on any atom is 0.228 e. The van der Waals surface area contributed by atoms with Crippen molar-refractivity contribution in [2.45, 2.75) is 6.42 Å². The maximum absolute atomic E-state index is 12.6. The second kappa shape index (κ2) is 7.61. The van der Waals surface area contributed by atoms with Crippen LogP contribution in [0, 0.1) is 0 Å². The predicted molar refractivity (Wildman–Crippen MR) is 102 cm³/mol. The zero-order valence-corrected chi connectivity index (χ0v) is 15.1. The third kappa shape index (κ3) is 3.72. The molecule has 0 saturated carbocycles. The van der Waals surface area contributed by atoms with Crippen LogP contribution in [0.1, 0.15) is 5.69 Å². The molecule has 6 nitrogen and oxygen atoms in total. The standard InChI is InChI=1S/C19H19N5OS/c25-18(13-16-14-26-19(22-16)15-4-7-20-8-5-15)24-11-9-23(10-12-24)17-3-1-2-6-21-17/h1-8,14H,9-13H2. The minimum Gasteiger partial charge on any atom is -0.353 e. The molecule has 0 aromatic carbocycles. The van der Waals surface area contributed by atoms with Crippen LogP contribution < -0.4 is 4.90 Å². The van der Waals surface area contributed by atoms with Crippen LogP contribution in [0.2, 0.25) is 0 Å². The molecule has 0 bridgehead atoms. The average molecular weight is 365 g/mol. The van der Waals surface area contributed by atoms with Gasteiger partial charge < -0.3 is 9.80 Å². The second-order valence-electron chi connectivity index (χ2n) is 6.11. The Morgan fingerprint density at radius 3 is 2.58 bits per heavy atom. The number of anilines is 1. The van der Waals surface area contributed by atoms with Crippen molar-refractivity contribution < 1.29 is 4.79 Å². The highest BCUT2D eigenvalue weighted by atomic mass is 32.1. The van der Waals surface area contributed by atoms with Gasteiger partial charge in [0.2, 0.25) is 5.91 Å². The monoisotopic (exact) mass is 365 g/mol. The Kier molecular flexibility index (Phi) is 4.88. The summed E-state index contributed by atoms with van der Waals surface area (Å²) in [5.74, 6) is 1.11. The van der Waals surface area contributed by atoms with Gasteiger partial charge in [-0.25, -0.2) is 9.97 Å². The summed E-state index contributed by atoms with van der Waals surface area (Å²) in [5, 5.41) is 2.90. The van der Waals surface area contributed by atoms with Crippen molar-refractivity contribution >= 4 is 23.1 Å². The molecule has 3 aromatic rings. The molecule has 0 N–H and O–H groups in total. The maximum atomic E-state index is 12.6. The highest BCUT2D eigenvalue weighted by molar-refractivity contribution is 7.13. The summed E-state index contributed by atoms with van der Waals surface area (Å²) in [6, 6.07) is 9.77. The molecular formula is C19H19N5OS. The molecule has 1 saturated heterocycles. The Balaban J connectivity index is 1.34. The van der Waals surface area contributed by atoms with Gasteiger partial charge in [0.25, 0.3) is 0 Å². The lowest BCUT2D eigenvalue weighted by Gasteiger charge is -2.35. The fourth-order valence-electron chi connectivity index (χ4n) is 3.01. The minimum atomic E-state index is 0.136. The van der Waals surface area contributed by atoms with Gasteiger partial charge in [-0.1, -0.05) is 6.07 Å². The molecule has 1 aliphatic rings. The molecule has 4 heterocycles. The summed E-state index contributed by atoms with van der Waals surface area (Å²) in [7, 11) is 0.